The number of hydrogen-bond acceptors (Lipinski definition) is 7. The molecule has 1 unspecified atom stereocenters. The number of anilines is 2. The summed E-state index contributed by atoms with van der Waals surface area (Å²) in [6.45, 7) is 3.71. The third-order valence-electron chi connectivity index (χ3n) is 5.42. The van der Waals surface area contributed by atoms with Crippen molar-refractivity contribution in [1.29, 1.82) is 0 Å². The van der Waals surface area contributed by atoms with Gasteiger partial charge in [0.15, 0.2) is 9.84 Å². The van der Waals surface area contributed by atoms with E-state index in [0.717, 1.165) is 54.7 Å². The zero-order valence-corrected chi connectivity index (χ0v) is 16.9. The average Bonchev–Trinajstić information content (AvgIpc) is 3.35. The van der Waals surface area contributed by atoms with Crippen molar-refractivity contribution in [3.05, 3.63) is 54.0 Å². The smallest absolute Gasteiger partial charge is 0.175 e. The van der Waals surface area contributed by atoms with Crippen molar-refractivity contribution in [3.8, 4) is 0 Å². The Morgan fingerprint density at radius 1 is 1.24 bits per heavy atom. The van der Waals surface area contributed by atoms with Crippen LogP contribution >= 0.6 is 0 Å². The normalized spacial score (nSPS) is 21.5. The van der Waals surface area contributed by atoms with E-state index >= 15 is 0 Å². The number of nitrogens with zero attached hydrogens (tertiary/aromatic N) is 3. The van der Waals surface area contributed by atoms with Crippen molar-refractivity contribution >= 4 is 27.1 Å². The molecule has 4 heterocycles. The Morgan fingerprint density at radius 2 is 2.07 bits per heavy atom. The highest BCUT2D eigenvalue weighted by atomic mass is 32.2. The second kappa shape index (κ2) is 7.01. The quantitative estimate of drug-likeness (QED) is 0.786. The van der Waals surface area contributed by atoms with Gasteiger partial charge in [0.25, 0.3) is 0 Å². The first-order valence-electron chi connectivity index (χ1n) is 9.62. The molecule has 1 aromatic heterocycles. The number of H-pyrrole nitrogens is 1. The van der Waals surface area contributed by atoms with E-state index in [1.165, 1.54) is 6.26 Å². The van der Waals surface area contributed by atoms with E-state index in [9.17, 15) is 8.42 Å². The highest BCUT2D eigenvalue weighted by molar-refractivity contribution is 7.90. The fraction of sp³-hybridized carbons (Fsp3) is 0.350. The van der Waals surface area contributed by atoms with Gasteiger partial charge in [-0.05, 0) is 18.2 Å². The molecule has 0 aliphatic carbocycles. The van der Waals surface area contributed by atoms with E-state index in [2.05, 4.69) is 32.4 Å². The summed E-state index contributed by atoms with van der Waals surface area (Å²) >= 11 is 0. The summed E-state index contributed by atoms with van der Waals surface area (Å²) in [6.07, 6.45) is 5.37. The number of rotatable bonds is 4. The van der Waals surface area contributed by atoms with Crippen LogP contribution in [-0.4, -0.2) is 64.4 Å². The maximum absolute atomic E-state index is 11.8. The topological polar surface area (TPSA) is 90.0 Å². The first-order chi connectivity index (χ1) is 14.0. The molecule has 8 nitrogen and oxygen atoms in total. The third-order valence-corrected chi connectivity index (χ3v) is 6.55. The molecule has 0 spiro atoms. The number of aromatic amines is 1. The minimum atomic E-state index is -3.22. The maximum atomic E-state index is 11.8. The first-order valence-corrected chi connectivity index (χ1v) is 11.5. The van der Waals surface area contributed by atoms with Crippen LogP contribution in [-0.2, 0) is 14.6 Å². The Bertz CT molecular complexity index is 1080. The number of sulfone groups is 1. The van der Waals surface area contributed by atoms with Gasteiger partial charge < -0.3 is 24.8 Å². The van der Waals surface area contributed by atoms with Gasteiger partial charge in [0.1, 0.15) is 12.5 Å². The number of aromatic nitrogens is 1. The Balaban J connectivity index is 1.46. The zero-order valence-electron chi connectivity index (χ0n) is 16.1. The molecule has 29 heavy (non-hydrogen) atoms. The summed E-state index contributed by atoms with van der Waals surface area (Å²) in [4.78, 5) is 12.7. The maximum Gasteiger partial charge on any atom is 0.175 e. The van der Waals surface area contributed by atoms with Gasteiger partial charge in [-0.3, -0.25) is 4.99 Å². The molecule has 0 radical (unpaired) electrons. The van der Waals surface area contributed by atoms with Crippen molar-refractivity contribution in [1.82, 2.24) is 10.3 Å². The molecule has 1 saturated heterocycles. The van der Waals surface area contributed by atoms with Crippen LogP contribution in [0.25, 0.3) is 0 Å². The van der Waals surface area contributed by atoms with Crippen LogP contribution in [0.1, 0.15) is 5.56 Å². The number of benzene rings is 1. The number of morpholine rings is 1. The van der Waals surface area contributed by atoms with Crippen LogP contribution in [0.4, 0.5) is 11.5 Å². The summed E-state index contributed by atoms with van der Waals surface area (Å²) in [7, 11) is -3.22. The number of allylic oxidation sites excluding steroid dienone is 1. The molecule has 3 aliphatic heterocycles. The molecule has 9 heteroatoms. The molecule has 0 bridgehead atoms. The molecule has 2 N–H and O–H groups in total. The Morgan fingerprint density at radius 3 is 2.79 bits per heavy atom. The van der Waals surface area contributed by atoms with E-state index in [0.29, 0.717) is 11.6 Å². The SMILES string of the molecule is CS(=O)(=O)c1ccc(C2=NCN3C2=CN(CC2CNCCO2)c2[nH]ccc23)cc1. The minimum absolute atomic E-state index is 0.110. The van der Waals surface area contributed by atoms with Gasteiger partial charge in [0.05, 0.1) is 41.2 Å². The van der Waals surface area contributed by atoms with E-state index in [4.69, 9.17) is 9.73 Å². The number of nitrogens with one attached hydrogen (secondary N) is 2. The van der Waals surface area contributed by atoms with Crippen molar-refractivity contribution in [2.75, 3.05) is 49.0 Å². The molecule has 152 valence electrons. The molecular weight excluding hydrogens is 390 g/mol. The van der Waals surface area contributed by atoms with Gasteiger partial charge in [0.2, 0.25) is 0 Å². The summed E-state index contributed by atoms with van der Waals surface area (Å²) in [6, 6.07) is 8.98. The number of fused-ring (bicyclic) bond motifs is 3. The number of hydrogen-bond donors (Lipinski definition) is 2. The molecule has 5 rings (SSSR count). The molecule has 1 fully saturated rings. The van der Waals surface area contributed by atoms with Crippen LogP contribution in [0.2, 0.25) is 0 Å². The van der Waals surface area contributed by atoms with E-state index in [-0.39, 0.29) is 6.10 Å². The van der Waals surface area contributed by atoms with Gasteiger partial charge in [-0.15, -0.1) is 0 Å². The average molecular weight is 414 g/mol. The van der Waals surface area contributed by atoms with Gasteiger partial charge in [-0.25, -0.2) is 8.42 Å². The highest BCUT2D eigenvalue weighted by Crippen LogP contribution is 2.39. The lowest BCUT2D eigenvalue weighted by Crippen LogP contribution is -2.45. The fourth-order valence-electron chi connectivity index (χ4n) is 3.98. The van der Waals surface area contributed by atoms with Crippen LogP contribution in [0.5, 0.6) is 0 Å². The summed E-state index contributed by atoms with van der Waals surface area (Å²) in [5.41, 5.74) is 3.86. The van der Waals surface area contributed by atoms with Gasteiger partial charge in [0, 0.05) is 37.3 Å². The largest absolute Gasteiger partial charge is 0.374 e. The van der Waals surface area contributed by atoms with Gasteiger partial charge >= 0.3 is 0 Å². The second-order valence-corrected chi connectivity index (χ2v) is 9.46. The van der Waals surface area contributed by atoms with E-state index in [1.54, 1.807) is 12.1 Å². The van der Waals surface area contributed by atoms with Crippen LogP contribution in [0.3, 0.4) is 0 Å². The Labute approximate surface area is 169 Å². The molecule has 0 amide bonds. The van der Waals surface area contributed by atoms with Crippen molar-refractivity contribution in [3.63, 3.8) is 0 Å². The molecule has 0 saturated carbocycles. The summed E-state index contributed by atoms with van der Waals surface area (Å²) in [5, 5.41) is 3.37. The molecule has 2 aromatic rings. The highest BCUT2D eigenvalue weighted by Gasteiger charge is 2.33. The summed E-state index contributed by atoms with van der Waals surface area (Å²) < 4.78 is 29.4. The van der Waals surface area contributed by atoms with E-state index < -0.39 is 9.84 Å². The lowest BCUT2D eigenvalue weighted by Gasteiger charge is -2.35. The monoisotopic (exact) mass is 413 g/mol. The Hall–Kier alpha value is -2.62. The second-order valence-electron chi connectivity index (χ2n) is 7.45. The minimum Gasteiger partial charge on any atom is -0.374 e. The molecule has 1 aromatic carbocycles. The molecular formula is C20H23N5O3S. The zero-order chi connectivity index (χ0) is 20.0. The van der Waals surface area contributed by atoms with E-state index in [1.807, 2.05) is 18.3 Å². The number of ether oxygens (including phenoxy) is 1. The van der Waals surface area contributed by atoms with Gasteiger partial charge in [-0.2, -0.15) is 0 Å². The number of aliphatic imine (C=N–C) groups is 1. The predicted molar refractivity (Wildman–Crippen MR) is 112 cm³/mol. The van der Waals surface area contributed by atoms with Crippen LogP contribution < -0.4 is 15.1 Å². The predicted octanol–water partition coefficient (Wildman–Crippen LogP) is 1.33. The summed E-state index contributed by atoms with van der Waals surface area (Å²) in [5.74, 6) is 1.03. The van der Waals surface area contributed by atoms with Crippen molar-refractivity contribution in [2.45, 2.75) is 11.0 Å². The third kappa shape index (κ3) is 3.35. The van der Waals surface area contributed by atoms with Crippen LogP contribution in [0, 0.1) is 0 Å². The molecule has 3 aliphatic rings. The lowest BCUT2D eigenvalue weighted by atomic mass is 10.1. The van der Waals surface area contributed by atoms with Crippen LogP contribution in [0.15, 0.2) is 58.3 Å². The lowest BCUT2D eigenvalue weighted by molar-refractivity contribution is 0.0344. The van der Waals surface area contributed by atoms with Gasteiger partial charge in [-0.1, -0.05) is 12.1 Å². The molecule has 1 atom stereocenters. The standard InChI is InChI=1S/C20H23N5O3S/c1-29(26,27)16-4-2-14(3-5-16)19-18-12-24(11-15-10-21-8-9-28-15)20-17(6-7-22-20)25(18)13-23-19/h2-7,12,15,21-22H,8-11,13H2,1H3. The first kappa shape index (κ1) is 18.4. The van der Waals surface area contributed by atoms with Crippen molar-refractivity contribution < 1.29 is 13.2 Å². The Kier molecular flexibility index (Phi) is 4.45. The fourth-order valence-corrected chi connectivity index (χ4v) is 4.61. The van der Waals surface area contributed by atoms with Crippen molar-refractivity contribution in [2.24, 2.45) is 4.99 Å².